The lowest BCUT2D eigenvalue weighted by atomic mass is 10.4. The van der Waals surface area contributed by atoms with Gasteiger partial charge in [0.15, 0.2) is 5.82 Å². The summed E-state index contributed by atoms with van der Waals surface area (Å²) in [4.78, 5) is 21.2. The van der Waals surface area contributed by atoms with E-state index in [-0.39, 0.29) is 16.0 Å². The van der Waals surface area contributed by atoms with Gasteiger partial charge in [0, 0.05) is 24.0 Å². The number of hydrogen-bond acceptors (Lipinski definition) is 3. The Kier molecular flexibility index (Phi) is 3.27. The minimum atomic E-state index is 0.0346. The molecule has 15 heavy (non-hydrogen) atoms. The average molecular weight is 355 g/mol. The van der Waals surface area contributed by atoms with Crippen molar-refractivity contribution >= 4 is 55.2 Å². The largest absolute Gasteiger partial charge is 0.295 e. The molecule has 80 valence electrons. The monoisotopic (exact) mass is 353 g/mol. The molecule has 7 heteroatoms. The predicted molar refractivity (Wildman–Crippen MR) is 64.4 cm³/mol. The fourth-order valence-corrected chi connectivity index (χ4v) is 2.50. The molecular weight excluding hydrogens is 349 g/mol. The molecule has 1 aromatic rings. The second-order valence-corrected chi connectivity index (χ2v) is 5.60. The normalized spacial score (nSPS) is 21.1. The van der Waals surface area contributed by atoms with Gasteiger partial charge in [-0.15, -0.1) is 0 Å². The molecule has 1 aliphatic heterocycles. The third kappa shape index (κ3) is 2.32. The molecule has 1 saturated heterocycles. The highest BCUT2D eigenvalue weighted by Crippen LogP contribution is 2.29. The van der Waals surface area contributed by atoms with E-state index in [0.717, 1.165) is 0 Å². The Hall–Kier alpha value is -0.200. The van der Waals surface area contributed by atoms with Gasteiger partial charge in [0.1, 0.15) is 0 Å². The summed E-state index contributed by atoms with van der Waals surface area (Å²) in [6.07, 6.45) is 2.02. The SMILES string of the molecule is O=C1CC(Br)CN1c1nc(Cl)ncc1Br. The molecule has 0 radical (unpaired) electrons. The molecule has 1 atom stereocenters. The molecule has 1 aliphatic rings. The molecule has 0 N–H and O–H groups in total. The molecule has 0 saturated carbocycles. The average Bonchev–Trinajstić information content (AvgIpc) is 2.50. The lowest BCUT2D eigenvalue weighted by Crippen LogP contribution is -2.26. The fourth-order valence-electron chi connectivity index (χ4n) is 1.40. The van der Waals surface area contributed by atoms with Crippen LogP contribution in [-0.4, -0.2) is 27.2 Å². The maximum absolute atomic E-state index is 11.6. The number of aromatic nitrogens is 2. The Labute approximate surface area is 108 Å². The second-order valence-electron chi connectivity index (χ2n) is 3.12. The van der Waals surface area contributed by atoms with E-state index in [9.17, 15) is 4.79 Å². The number of carbonyl (C=O) groups excluding carboxylic acids is 1. The minimum absolute atomic E-state index is 0.0346. The van der Waals surface area contributed by atoms with Crippen LogP contribution in [0.5, 0.6) is 0 Å². The third-order valence-electron chi connectivity index (χ3n) is 2.03. The first-order chi connectivity index (χ1) is 7.08. The van der Waals surface area contributed by atoms with E-state index in [2.05, 4.69) is 41.8 Å². The van der Waals surface area contributed by atoms with Crippen molar-refractivity contribution < 1.29 is 4.79 Å². The third-order valence-corrected chi connectivity index (χ3v) is 3.38. The van der Waals surface area contributed by atoms with Gasteiger partial charge in [0.05, 0.1) is 4.47 Å². The molecule has 0 aliphatic carbocycles. The van der Waals surface area contributed by atoms with E-state index >= 15 is 0 Å². The second kappa shape index (κ2) is 4.35. The van der Waals surface area contributed by atoms with Crippen molar-refractivity contribution in [1.29, 1.82) is 0 Å². The molecule has 2 rings (SSSR count). The predicted octanol–water partition coefficient (Wildman–Crippen LogP) is 2.39. The Morgan fingerprint density at radius 1 is 1.60 bits per heavy atom. The minimum Gasteiger partial charge on any atom is -0.295 e. The maximum atomic E-state index is 11.6. The van der Waals surface area contributed by atoms with Crippen LogP contribution in [0.15, 0.2) is 10.7 Å². The molecule has 4 nitrogen and oxygen atoms in total. The lowest BCUT2D eigenvalue weighted by Gasteiger charge is -2.15. The highest BCUT2D eigenvalue weighted by Gasteiger charge is 2.31. The summed E-state index contributed by atoms with van der Waals surface area (Å²) in [6.45, 7) is 0.602. The Balaban J connectivity index is 2.37. The van der Waals surface area contributed by atoms with Crippen molar-refractivity contribution in [1.82, 2.24) is 9.97 Å². The molecular formula is C8H6Br2ClN3O. The van der Waals surface area contributed by atoms with Crippen LogP contribution in [0.2, 0.25) is 5.28 Å². The number of alkyl halides is 1. The van der Waals surface area contributed by atoms with Crippen molar-refractivity contribution in [3.05, 3.63) is 16.0 Å². The molecule has 0 aromatic carbocycles. The highest BCUT2D eigenvalue weighted by atomic mass is 79.9. The highest BCUT2D eigenvalue weighted by molar-refractivity contribution is 9.10. The summed E-state index contributed by atoms with van der Waals surface area (Å²) in [5, 5.41) is 0.138. The van der Waals surface area contributed by atoms with Crippen LogP contribution in [-0.2, 0) is 4.79 Å². The van der Waals surface area contributed by atoms with E-state index in [4.69, 9.17) is 11.6 Å². The van der Waals surface area contributed by atoms with Gasteiger partial charge in [-0.25, -0.2) is 4.98 Å². The van der Waals surface area contributed by atoms with Gasteiger partial charge in [-0.2, -0.15) is 4.98 Å². The number of amides is 1. The first kappa shape index (κ1) is 11.3. The first-order valence-corrected chi connectivity index (χ1v) is 6.29. The molecule has 1 unspecified atom stereocenters. The van der Waals surface area contributed by atoms with Gasteiger partial charge in [-0.05, 0) is 27.5 Å². The van der Waals surface area contributed by atoms with Crippen LogP contribution < -0.4 is 4.90 Å². The number of hydrogen-bond donors (Lipinski definition) is 0. The summed E-state index contributed by atoms with van der Waals surface area (Å²) < 4.78 is 0.668. The smallest absolute Gasteiger partial charge is 0.229 e. The molecule has 2 heterocycles. The molecule has 1 fully saturated rings. The topological polar surface area (TPSA) is 46.1 Å². The maximum Gasteiger partial charge on any atom is 0.229 e. The summed E-state index contributed by atoms with van der Waals surface area (Å²) in [6, 6.07) is 0. The van der Waals surface area contributed by atoms with Crippen molar-refractivity contribution in [3.8, 4) is 0 Å². The van der Waals surface area contributed by atoms with Crippen LogP contribution >= 0.6 is 43.5 Å². The van der Waals surface area contributed by atoms with Gasteiger partial charge in [0.2, 0.25) is 11.2 Å². The summed E-state index contributed by atoms with van der Waals surface area (Å²) in [5.41, 5.74) is 0. The Bertz CT molecular complexity index is 415. The zero-order valence-electron chi connectivity index (χ0n) is 7.45. The first-order valence-electron chi connectivity index (χ1n) is 4.20. The fraction of sp³-hybridized carbons (Fsp3) is 0.375. The van der Waals surface area contributed by atoms with E-state index in [0.29, 0.717) is 23.3 Å². The number of rotatable bonds is 1. The van der Waals surface area contributed by atoms with E-state index in [1.54, 1.807) is 11.1 Å². The molecule has 1 amide bonds. The van der Waals surface area contributed by atoms with Gasteiger partial charge in [-0.1, -0.05) is 15.9 Å². The van der Waals surface area contributed by atoms with Gasteiger partial charge < -0.3 is 0 Å². The van der Waals surface area contributed by atoms with E-state index in [1.807, 2.05) is 0 Å². The molecule has 0 spiro atoms. The molecule has 1 aromatic heterocycles. The lowest BCUT2D eigenvalue weighted by molar-refractivity contribution is -0.117. The van der Waals surface area contributed by atoms with Crippen LogP contribution in [0.4, 0.5) is 5.82 Å². The van der Waals surface area contributed by atoms with Crippen LogP contribution in [0.3, 0.4) is 0 Å². The molecule has 0 bridgehead atoms. The van der Waals surface area contributed by atoms with Crippen LogP contribution in [0.25, 0.3) is 0 Å². The number of anilines is 1. The van der Waals surface area contributed by atoms with Crippen molar-refractivity contribution in [2.75, 3.05) is 11.4 Å². The Morgan fingerprint density at radius 2 is 2.33 bits per heavy atom. The van der Waals surface area contributed by atoms with Crippen LogP contribution in [0, 0.1) is 0 Å². The standard InChI is InChI=1S/C8H6Br2ClN3O/c9-4-1-6(15)14(3-4)7-5(10)2-12-8(11)13-7/h2,4H,1,3H2. The number of nitrogens with zero attached hydrogens (tertiary/aromatic N) is 3. The van der Waals surface area contributed by atoms with E-state index < -0.39 is 0 Å². The zero-order chi connectivity index (χ0) is 11.0. The van der Waals surface area contributed by atoms with Gasteiger partial charge in [-0.3, -0.25) is 9.69 Å². The number of halogens is 3. The quantitative estimate of drug-likeness (QED) is 0.574. The summed E-state index contributed by atoms with van der Waals surface area (Å²) in [5.74, 6) is 0.564. The summed E-state index contributed by atoms with van der Waals surface area (Å²) in [7, 11) is 0. The summed E-state index contributed by atoms with van der Waals surface area (Å²) >= 11 is 12.4. The van der Waals surface area contributed by atoms with E-state index in [1.165, 1.54) is 0 Å². The van der Waals surface area contributed by atoms with Gasteiger partial charge in [0.25, 0.3) is 0 Å². The number of carbonyl (C=O) groups is 1. The Morgan fingerprint density at radius 3 is 2.93 bits per heavy atom. The van der Waals surface area contributed by atoms with Crippen LogP contribution in [0.1, 0.15) is 6.42 Å². The zero-order valence-corrected chi connectivity index (χ0v) is 11.4. The van der Waals surface area contributed by atoms with Crippen molar-refractivity contribution in [3.63, 3.8) is 0 Å². The van der Waals surface area contributed by atoms with Gasteiger partial charge >= 0.3 is 0 Å². The van der Waals surface area contributed by atoms with Crippen molar-refractivity contribution in [2.45, 2.75) is 11.2 Å². The van der Waals surface area contributed by atoms with Crippen molar-refractivity contribution in [2.24, 2.45) is 0 Å².